The van der Waals surface area contributed by atoms with Crippen LogP contribution in [0.5, 0.6) is 0 Å². The van der Waals surface area contributed by atoms with Gasteiger partial charge in [0.05, 0.1) is 6.54 Å². The van der Waals surface area contributed by atoms with Crippen molar-refractivity contribution >= 4 is 29.2 Å². The quantitative estimate of drug-likeness (QED) is 0.761. The molecule has 0 aliphatic rings. The summed E-state index contributed by atoms with van der Waals surface area (Å²) in [7, 11) is 4.06. The van der Waals surface area contributed by atoms with Crippen LogP contribution in [0.1, 0.15) is 4.88 Å². The van der Waals surface area contributed by atoms with E-state index < -0.39 is 6.09 Å². The lowest BCUT2D eigenvalue weighted by Gasteiger charge is -2.06. The molecule has 0 radical (unpaired) electrons. The van der Waals surface area contributed by atoms with E-state index in [9.17, 15) is 4.79 Å². The molecule has 0 fully saturated rings. The van der Waals surface area contributed by atoms with Crippen molar-refractivity contribution in [1.82, 2.24) is 15.2 Å². The summed E-state index contributed by atoms with van der Waals surface area (Å²) in [6.45, 7) is 1.34. The van der Waals surface area contributed by atoms with E-state index in [0.29, 0.717) is 6.54 Å². The third kappa shape index (κ3) is 5.34. The molecule has 1 amide bonds. The molecule has 1 aromatic rings. The number of thioether (sulfide) groups is 1. The van der Waals surface area contributed by atoms with Crippen molar-refractivity contribution in [2.75, 3.05) is 26.4 Å². The number of carbonyl (C=O) groups is 1. The first-order valence-corrected chi connectivity index (χ1v) is 6.57. The van der Waals surface area contributed by atoms with Gasteiger partial charge in [-0.25, -0.2) is 9.78 Å². The second kappa shape index (κ2) is 6.72. The minimum Gasteiger partial charge on any atom is -0.465 e. The van der Waals surface area contributed by atoms with Gasteiger partial charge in [0.25, 0.3) is 0 Å². The van der Waals surface area contributed by atoms with Gasteiger partial charge in [-0.3, -0.25) is 0 Å². The van der Waals surface area contributed by atoms with Gasteiger partial charge >= 0.3 is 6.09 Å². The lowest BCUT2D eigenvalue weighted by Crippen LogP contribution is -2.19. The predicted octanol–water partition coefficient (Wildman–Crippen LogP) is 1.56. The van der Waals surface area contributed by atoms with Crippen molar-refractivity contribution in [3.63, 3.8) is 0 Å². The number of nitrogens with one attached hydrogen (secondary N) is 1. The van der Waals surface area contributed by atoms with Crippen LogP contribution in [0.2, 0.25) is 0 Å². The maximum Gasteiger partial charge on any atom is 0.404 e. The Morgan fingerprint density at radius 3 is 3.06 bits per heavy atom. The van der Waals surface area contributed by atoms with Crippen LogP contribution in [0, 0.1) is 0 Å². The highest BCUT2D eigenvalue weighted by molar-refractivity contribution is 8.01. The van der Waals surface area contributed by atoms with E-state index in [2.05, 4.69) is 15.2 Å². The van der Waals surface area contributed by atoms with Crippen LogP contribution in [-0.2, 0) is 6.54 Å². The molecule has 0 saturated heterocycles. The fraction of sp³-hybridized carbons (Fsp3) is 0.556. The molecule has 1 rings (SSSR count). The van der Waals surface area contributed by atoms with Crippen molar-refractivity contribution in [2.24, 2.45) is 0 Å². The lowest BCUT2D eigenvalue weighted by molar-refractivity contribution is 0.194. The van der Waals surface area contributed by atoms with Crippen molar-refractivity contribution in [1.29, 1.82) is 0 Å². The summed E-state index contributed by atoms with van der Waals surface area (Å²) >= 11 is 3.23. The van der Waals surface area contributed by atoms with E-state index in [1.54, 1.807) is 18.0 Å². The third-order valence-electron chi connectivity index (χ3n) is 1.71. The van der Waals surface area contributed by atoms with E-state index in [1.807, 2.05) is 14.1 Å². The molecule has 1 aromatic heterocycles. The lowest BCUT2D eigenvalue weighted by atomic mass is 10.5. The molecule has 0 atom stereocenters. The van der Waals surface area contributed by atoms with E-state index >= 15 is 0 Å². The number of carboxylic acid groups (broad SMARTS) is 1. The topological polar surface area (TPSA) is 65.5 Å². The Bertz CT molecular complexity index is 341. The SMILES string of the molecule is CN(C)CCSc1ncc(CNC(=O)O)s1. The van der Waals surface area contributed by atoms with Gasteiger partial charge in [-0.15, -0.1) is 11.3 Å². The van der Waals surface area contributed by atoms with E-state index in [0.717, 1.165) is 21.5 Å². The fourth-order valence-corrected chi connectivity index (χ4v) is 3.06. The van der Waals surface area contributed by atoms with Crippen LogP contribution in [0.4, 0.5) is 4.79 Å². The molecule has 0 spiro atoms. The first kappa shape index (κ1) is 13.3. The Kier molecular flexibility index (Phi) is 5.58. The molecule has 0 aliphatic carbocycles. The van der Waals surface area contributed by atoms with Gasteiger partial charge in [0.2, 0.25) is 0 Å². The zero-order chi connectivity index (χ0) is 12.0. The van der Waals surface area contributed by atoms with Gasteiger partial charge in [-0.1, -0.05) is 11.8 Å². The summed E-state index contributed by atoms with van der Waals surface area (Å²) < 4.78 is 0.990. The molecular weight excluding hydrogens is 246 g/mol. The summed E-state index contributed by atoms with van der Waals surface area (Å²) in [6.07, 6.45) is 0.716. The van der Waals surface area contributed by atoms with Gasteiger partial charge in [0.15, 0.2) is 0 Å². The largest absolute Gasteiger partial charge is 0.465 e. The maximum atomic E-state index is 10.3. The number of nitrogens with zero attached hydrogens (tertiary/aromatic N) is 2. The molecule has 0 aromatic carbocycles. The Morgan fingerprint density at radius 2 is 2.44 bits per heavy atom. The fourth-order valence-electron chi connectivity index (χ4n) is 0.916. The molecule has 0 unspecified atom stereocenters. The number of aromatic nitrogens is 1. The summed E-state index contributed by atoms with van der Waals surface area (Å²) in [5.41, 5.74) is 0. The molecule has 0 bridgehead atoms. The smallest absolute Gasteiger partial charge is 0.404 e. The minimum atomic E-state index is -1.00. The number of hydrogen-bond donors (Lipinski definition) is 2. The highest BCUT2D eigenvalue weighted by Crippen LogP contribution is 2.23. The number of rotatable bonds is 6. The van der Waals surface area contributed by atoms with Crippen LogP contribution < -0.4 is 5.32 Å². The highest BCUT2D eigenvalue weighted by atomic mass is 32.2. The van der Waals surface area contributed by atoms with Crippen molar-refractivity contribution in [2.45, 2.75) is 10.9 Å². The molecule has 0 aliphatic heterocycles. The Labute approximate surface area is 103 Å². The maximum absolute atomic E-state index is 10.3. The van der Waals surface area contributed by atoms with Crippen LogP contribution in [0.15, 0.2) is 10.5 Å². The average molecular weight is 261 g/mol. The average Bonchev–Trinajstić information content (AvgIpc) is 2.62. The first-order chi connectivity index (χ1) is 7.58. The van der Waals surface area contributed by atoms with Crippen LogP contribution in [0.25, 0.3) is 0 Å². The van der Waals surface area contributed by atoms with E-state index in [4.69, 9.17) is 5.11 Å². The molecule has 5 nitrogen and oxygen atoms in total. The second-order valence-electron chi connectivity index (χ2n) is 3.40. The second-order valence-corrected chi connectivity index (χ2v) is 5.86. The molecule has 7 heteroatoms. The highest BCUT2D eigenvalue weighted by Gasteiger charge is 2.04. The molecular formula is C9H15N3O2S2. The zero-order valence-corrected chi connectivity index (χ0v) is 10.9. The summed E-state index contributed by atoms with van der Waals surface area (Å²) in [5, 5.41) is 10.8. The van der Waals surface area contributed by atoms with Gasteiger partial charge in [-0.05, 0) is 14.1 Å². The van der Waals surface area contributed by atoms with Gasteiger partial charge < -0.3 is 15.3 Å². The Morgan fingerprint density at radius 1 is 1.69 bits per heavy atom. The number of amides is 1. The van der Waals surface area contributed by atoms with Crippen LogP contribution in [-0.4, -0.2) is 47.5 Å². The van der Waals surface area contributed by atoms with Crippen molar-refractivity contribution in [3.05, 3.63) is 11.1 Å². The van der Waals surface area contributed by atoms with Gasteiger partial charge in [0, 0.05) is 23.4 Å². The monoisotopic (exact) mass is 261 g/mol. The van der Waals surface area contributed by atoms with Gasteiger partial charge in [-0.2, -0.15) is 0 Å². The van der Waals surface area contributed by atoms with Crippen LogP contribution >= 0.6 is 23.1 Å². The number of hydrogen-bond acceptors (Lipinski definition) is 5. The Hall–Kier alpha value is -0.790. The standard InChI is InChI=1S/C9H15N3O2S2/c1-12(2)3-4-15-9-11-6-7(16-9)5-10-8(13)14/h6,10H,3-5H2,1-2H3,(H,13,14). The zero-order valence-electron chi connectivity index (χ0n) is 9.27. The third-order valence-corrected chi connectivity index (χ3v) is 3.84. The van der Waals surface area contributed by atoms with E-state index in [-0.39, 0.29) is 0 Å². The summed E-state index contributed by atoms with van der Waals surface area (Å²) in [4.78, 5) is 17.6. The molecule has 90 valence electrons. The molecule has 0 saturated carbocycles. The normalized spacial score (nSPS) is 10.7. The predicted molar refractivity (Wildman–Crippen MR) is 66.3 cm³/mol. The van der Waals surface area contributed by atoms with Crippen molar-refractivity contribution < 1.29 is 9.90 Å². The Balaban J connectivity index is 2.30. The van der Waals surface area contributed by atoms with Crippen LogP contribution in [0.3, 0.4) is 0 Å². The molecule has 16 heavy (non-hydrogen) atoms. The molecule has 2 N–H and O–H groups in total. The summed E-state index contributed by atoms with van der Waals surface area (Å²) in [5.74, 6) is 0.992. The van der Waals surface area contributed by atoms with E-state index in [1.165, 1.54) is 11.3 Å². The first-order valence-electron chi connectivity index (χ1n) is 4.77. The van der Waals surface area contributed by atoms with Gasteiger partial charge in [0.1, 0.15) is 4.34 Å². The van der Waals surface area contributed by atoms with Crippen molar-refractivity contribution in [3.8, 4) is 0 Å². The number of thiazole rings is 1. The molecule has 1 heterocycles. The summed E-state index contributed by atoms with van der Waals surface area (Å²) in [6, 6.07) is 0. The minimum absolute atomic E-state index is 0.335.